The molecule has 0 aliphatic carbocycles. The molecule has 31 heavy (non-hydrogen) atoms. The van der Waals surface area contributed by atoms with E-state index < -0.39 is 0 Å². The molecule has 0 spiro atoms. The summed E-state index contributed by atoms with van der Waals surface area (Å²) in [6, 6.07) is 7.55. The molecule has 158 valence electrons. The van der Waals surface area contributed by atoms with Crippen molar-refractivity contribution < 1.29 is 4.79 Å². The zero-order chi connectivity index (χ0) is 21.5. The Kier molecular flexibility index (Phi) is 4.89. The van der Waals surface area contributed by atoms with E-state index in [-0.39, 0.29) is 18.0 Å². The largest absolute Gasteiger partial charge is 0.354 e. The number of aryl methyl sites for hydroxylation is 1. The molecule has 1 aromatic carbocycles. The van der Waals surface area contributed by atoms with Crippen LogP contribution in [-0.2, 0) is 18.4 Å². The van der Waals surface area contributed by atoms with Crippen LogP contribution in [0.5, 0.6) is 0 Å². The molecule has 0 radical (unpaired) electrons. The first-order valence-electron chi connectivity index (χ1n) is 9.90. The average molecular weight is 483 g/mol. The fourth-order valence-corrected chi connectivity index (χ4v) is 4.38. The van der Waals surface area contributed by atoms with Crippen LogP contribution in [-0.4, -0.2) is 48.3 Å². The molecule has 1 fully saturated rings. The molecule has 0 bridgehead atoms. The van der Waals surface area contributed by atoms with E-state index in [1.54, 1.807) is 7.05 Å². The lowest BCUT2D eigenvalue weighted by molar-refractivity contribution is -0.116. The predicted molar refractivity (Wildman–Crippen MR) is 120 cm³/mol. The van der Waals surface area contributed by atoms with Gasteiger partial charge in [0.1, 0.15) is 22.9 Å². The van der Waals surface area contributed by atoms with E-state index in [2.05, 4.69) is 41.2 Å². The maximum absolute atomic E-state index is 12.8. The molecule has 1 saturated heterocycles. The van der Waals surface area contributed by atoms with Crippen LogP contribution in [0.15, 0.2) is 40.0 Å². The average Bonchev–Trinajstić information content (AvgIpc) is 3.38. The Hall–Kier alpha value is -3.34. The molecule has 1 aliphatic heterocycles. The highest BCUT2D eigenvalue weighted by Gasteiger charge is 2.21. The predicted octanol–water partition coefficient (Wildman–Crippen LogP) is 2.07. The molecule has 4 aromatic rings. The van der Waals surface area contributed by atoms with Crippen molar-refractivity contribution in [2.24, 2.45) is 7.05 Å². The third-order valence-corrected chi connectivity index (χ3v) is 5.85. The Balaban J connectivity index is 1.47. The molecule has 0 saturated carbocycles. The molecule has 3 aromatic heterocycles. The minimum Gasteiger partial charge on any atom is -0.354 e. The number of nitrogens with one attached hydrogen (secondary N) is 1. The van der Waals surface area contributed by atoms with Crippen molar-refractivity contribution in [3.8, 4) is 0 Å². The van der Waals surface area contributed by atoms with Crippen LogP contribution in [0.3, 0.4) is 0 Å². The number of hydrogen-bond donors (Lipinski definition) is 1. The third kappa shape index (κ3) is 3.54. The number of rotatable bonds is 4. The van der Waals surface area contributed by atoms with Crippen LogP contribution in [0.2, 0.25) is 0 Å². The lowest BCUT2D eigenvalue weighted by atomic mass is 10.3. The number of benzene rings is 1. The number of carbonyl (C=O) groups excluding carboxylic acids is 1. The van der Waals surface area contributed by atoms with Gasteiger partial charge in [0.15, 0.2) is 17.3 Å². The highest BCUT2D eigenvalue weighted by Crippen LogP contribution is 2.27. The second-order valence-electron chi connectivity index (χ2n) is 7.42. The second kappa shape index (κ2) is 7.73. The molecule has 5 rings (SSSR count). The van der Waals surface area contributed by atoms with Crippen LogP contribution < -0.4 is 15.8 Å². The van der Waals surface area contributed by atoms with Gasteiger partial charge in [-0.15, -0.1) is 0 Å². The first-order valence-corrected chi connectivity index (χ1v) is 10.7. The number of amides is 1. The van der Waals surface area contributed by atoms with Gasteiger partial charge in [-0.05, 0) is 40.9 Å². The molecule has 4 heterocycles. The normalized spacial score (nSPS) is 13.9. The van der Waals surface area contributed by atoms with Gasteiger partial charge in [-0.3, -0.25) is 14.2 Å². The van der Waals surface area contributed by atoms with Crippen molar-refractivity contribution in [3.63, 3.8) is 0 Å². The summed E-state index contributed by atoms with van der Waals surface area (Å²) in [4.78, 5) is 41.4. The number of aromatic nitrogens is 6. The maximum Gasteiger partial charge on any atom is 0.266 e. The van der Waals surface area contributed by atoms with Gasteiger partial charge in [-0.2, -0.15) is 5.10 Å². The van der Waals surface area contributed by atoms with Crippen molar-refractivity contribution in [1.29, 1.82) is 0 Å². The van der Waals surface area contributed by atoms with Gasteiger partial charge < -0.3 is 10.2 Å². The van der Waals surface area contributed by atoms with Crippen molar-refractivity contribution >= 4 is 55.5 Å². The number of halogens is 1. The summed E-state index contributed by atoms with van der Waals surface area (Å²) in [5.41, 5.74) is 1.57. The molecular weight excluding hydrogens is 464 g/mol. The molecule has 10 nitrogen and oxygen atoms in total. The van der Waals surface area contributed by atoms with E-state index in [0.717, 1.165) is 31.4 Å². The fraction of sp³-hybridized carbons (Fsp3) is 0.300. The van der Waals surface area contributed by atoms with Gasteiger partial charge in [0.2, 0.25) is 5.91 Å². The van der Waals surface area contributed by atoms with E-state index in [1.807, 2.05) is 24.3 Å². The standard InChI is InChI=1S/C20H19BrN8O2/c1-27-18-15(16(21)26-27)20(31)29(11-22-18)10-14(30)25-17-19(28-8-4-5-9-28)24-13-7-3-2-6-12(13)23-17/h2-3,6-7,11H,4-5,8-10H2,1H3,(H,23,25,30). The topological polar surface area (TPSA) is 111 Å². The highest BCUT2D eigenvalue weighted by atomic mass is 79.9. The van der Waals surface area contributed by atoms with Gasteiger partial charge in [0, 0.05) is 20.1 Å². The number of para-hydroxylation sites is 2. The number of nitrogens with zero attached hydrogens (tertiary/aromatic N) is 7. The number of carbonyl (C=O) groups is 1. The molecular formula is C20H19BrN8O2. The molecule has 1 N–H and O–H groups in total. The SMILES string of the molecule is Cn1nc(Br)c2c(=O)n(CC(=O)Nc3nc4ccccc4nc3N3CCCC3)cnc21. The summed E-state index contributed by atoms with van der Waals surface area (Å²) in [6.07, 6.45) is 3.50. The van der Waals surface area contributed by atoms with Crippen LogP contribution in [0, 0.1) is 0 Å². The first kappa shape index (κ1) is 19.6. The summed E-state index contributed by atoms with van der Waals surface area (Å²) < 4.78 is 3.17. The molecule has 11 heteroatoms. The van der Waals surface area contributed by atoms with Crippen molar-refractivity contribution in [3.05, 3.63) is 45.5 Å². The fourth-order valence-electron chi connectivity index (χ4n) is 3.80. The minimum absolute atomic E-state index is 0.197. The van der Waals surface area contributed by atoms with E-state index in [1.165, 1.54) is 15.6 Å². The Bertz CT molecular complexity index is 1370. The lowest BCUT2D eigenvalue weighted by Crippen LogP contribution is -2.29. The first-order chi connectivity index (χ1) is 15.0. The Morgan fingerprint density at radius 3 is 2.61 bits per heavy atom. The van der Waals surface area contributed by atoms with Crippen LogP contribution in [0.25, 0.3) is 22.1 Å². The number of hydrogen-bond acceptors (Lipinski definition) is 7. The van der Waals surface area contributed by atoms with E-state index in [4.69, 9.17) is 4.98 Å². The zero-order valence-corrected chi connectivity index (χ0v) is 18.3. The van der Waals surface area contributed by atoms with Crippen molar-refractivity contribution in [1.82, 2.24) is 29.3 Å². The van der Waals surface area contributed by atoms with Crippen LogP contribution in [0.1, 0.15) is 12.8 Å². The van der Waals surface area contributed by atoms with E-state index in [9.17, 15) is 9.59 Å². The van der Waals surface area contributed by atoms with Gasteiger partial charge >= 0.3 is 0 Å². The van der Waals surface area contributed by atoms with E-state index in [0.29, 0.717) is 32.8 Å². The summed E-state index contributed by atoms with van der Waals surface area (Å²) in [5.74, 6) is 0.670. The van der Waals surface area contributed by atoms with Gasteiger partial charge in [-0.1, -0.05) is 12.1 Å². The Labute approximate surface area is 185 Å². The quantitative estimate of drug-likeness (QED) is 0.473. The molecule has 1 amide bonds. The summed E-state index contributed by atoms with van der Waals surface area (Å²) in [7, 11) is 1.70. The molecule has 1 aliphatic rings. The highest BCUT2D eigenvalue weighted by molar-refractivity contribution is 9.10. The maximum atomic E-state index is 12.8. The van der Waals surface area contributed by atoms with Gasteiger partial charge in [0.25, 0.3) is 5.56 Å². The van der Waals surface area contributed by atoms with Crippen molar-refractivity contribution in [2.75, 3.05) is 23.3 Å². The summed E-state index contributed by atoms with van der Waals surface area (Å²) >= 11 is 3.28. The number of fused-ring (bicyclic) bond motifs is 2. The summed E-state index contributed by atoms with van der Waals surface area (Å²) in [5, 5.41) is 7.34. The zero-order valence-electron chi connectivity index (χ0n) is 16.7. The van der Waals surface area contributed by atoms with Crippen molar-refractivity contribution in [2.45, 2.75) is 19.4 Å². The molecule has 0 atom stereocenters. The van der Waals surface area contributed by atoms with E-state index >= 15 is 0 Å². The molecule has 0 unspecified atom stereocenters. The van der Waals surface area contributed by atoms with Gasteiger partial charge in [-0.25, -0.2) is 19.6 Å². The smallest absolute Gasteiger partial charge is 0.266 e. The monoisotopic (exact) mass is 482 g/mol. The Morgan fingerprint density at radius 2 is 1.87 bits per heavy atom. The van der Waals surface area contributed by atoms with Crippen LogP contribution >= 0.6 is 15.9 Å². The second-order valence-corrected chi connectivity index (χ2v) is 8.17. The minimum atomic E-state index is -0.381. The third-order valence-electron chi connectivity index (χ3n) is 5.30. The summed E-state index contributed by atoms with van der Waals surface area (Å²) in [6.45, 7) is 1.53. The lowest BCUT2D eigenvalue weighted by Gasteiger charge is -2.20. The van der Waals surface area contributed by atoms with Gasteiger partial charge in [0.05, 0.1) is 11.0 Å². The Morgan fingerprint density at radius 1 is 1.16 bits per heavy atom. The number of anilines is 2. The van der Waals surface area contributed by atoms with Crippen LogP contribution in [0.4, 0.5) is 11.6 Å².